The Balaban J connectivity index is 1.44. The lowest BCUT2D eigenvalue weighted by atomic mass is 9.93. The number of carbonyl (C=O) groups excluding carboxylic acids is 4. The molecule has 0 saturated carbocycles. The number of ether oxygens (including phenoxy) is 1. The molecule has 1 aromatic heterocycles. The third kappa shape index (κ3) is 6.67. The van der Waals surface area contributed by atoms with Crippen LogP contribution in [0.4, 0.5) is 4.79 Å². The second kappa shape index (κ2) is 12.3. The van der Waals surface area contributed by atoms with E-state index in [2.05, 4.69) is 20.8 Å². The quantitative estimate of drug-likeness (QED) is 0.320. The van der Waals surface area contributed by atoms with Gasteiger partial charge in [0.25, 0.3) is 11.8 Å². The number of nitrogens with zero attached hydrogens (tertiary/aromatic N) is 2. The van der Waals surface area contributed by atoms with Crippen molar-refractivity contribution in [2.45, 2.75) is 71.7 Å². The minimum absolute atomic E-state index is 0.252. The normalized spacial score (nSPS) is 17.7. The summed E-state index contributed by atoms with van der Waals surface area (Å²) < 4.78 is 5.71. The summed E-state index contributed by atoms with van der Waals surface area (Å²) in [5, 5.41) is 13.1. The number of para-hydroxylation sites is 1. The summed E-state index contributed by atoms with van der Waals surface area (Å²) >= 11 is 0. The zero-order chi connectivity index (χ0) is 28.9. The van der Waals surface area contributed by atoms with Gasteiger partial charge < -0.3 is 20.3 Å². The van der Waals surface area contributed by atoms with Crippen LogP contribution >= 0.6 is 0 Å². The van der Waals surface area contributed by atoms with Crippen molar-refractivity contribution in [2.75, 3.05) is 6.54 Å². The highest BCUT2D eigenvalue weighted by Crippen LogP contribution is 2.36. The number of ketones is 1. The van der Waals surface area contributed by atoms with Gasteiger partial charge in [-0.3, -0.25) is 19.5 Å². The summed E-state index contributed by atoms with van der Waals surface area (Å²) in [6.07, 6.45) is 0.398. The number of hydrogen-bond donors (Lipinski definition) is 3. The van der Waals surface area contributed by atoms with E-state index < -0.39 is 30.1 Å². The van der Waals surface area contributed by atoms with E-state index in [4.69, 9.17) is 4.74 Å². The number of alkyl carbamates (subject to hydrolysis) is 1. The molecule has 3 N–H and O–H groups in total. The molecule has 0 bridgehead atoms. The molecule has 1 fully saturated rings. The largest absolute Gasteiger partial charge is 0.425 e. The Hall–Kier alpha value is -4.21. The van der Waals surface area contributed by atoms with Crippen LogP contribution in [0.1, 0.15) is 75.5 Å². The van der Waals surface area contributed by atoms with Crippen LogP contribution in [-0.4, -0.2) is 57.6 Å². The Bertz CT molecular complexity index is 1370. The third-order valence-electron chi connectivity index (χ3n) is 7.18. The number of unbranched alkanes of at least 4 members (excludes halogenated alkanes) is 1. The Kier molecular flexibility index (Phi) is 8.86. The maximum Gasteiger partial charge on any atom is 0.409 e. The molecule has 1 aliphatic heterocycles. The molecule has 3 amide bonds. The number of H-pyrrole nitrogens is 1. The number of carbonyl (C=O) groups is 4. The molecule has 0 aliphatic carbocycles. The highest BCUT2D eigenvalue weighted by atomic mass is 16.6. The SMILES string of the molecule is CCCC[C@@H](NC(=O)OC1CC(C)(C)CN1C(=O)c1n[nH]c2ccccc12)C(=O)C(=O)NC(C)c1ccccc1. The van der Waals surface area contributed by atoms with Gasteiger partial charge in [-0.15, -0.1) is 0 Å². The van der Waals surface area contributed by atoms with Gasteiger partial charge in [-0.25, -0.2) is 4.79 Å². The number of Topliss-reactive ketones (excluding diaryl/α,β-unsaturated/α-hetero) is 1. The van der Waals surface area contributed by atoms with Crippen LogP contribution in [0.15, 0.2) is 54.6 Å². The number of rotatable bonds is 10. The third-order valence-corrected chi connectivity index (χ3v) is 7.18. The van der Waals surface area contributed by atoms with Gasteiger partial charge in [0.05, 0.1) is 11.6 Å². The van der Waals surface area contributed by atoms with Gasteiger partial charge >= 0.3 is 6.09 Å². The zero-order valence-electron chi connectivity index (χ0n) is 23.4. The number of aromatic nitrogens is 2. The first-order valence-corrected chi connectivity index (χ1v) is 13.7. The molecule has 1 aliphatic rings. The van der Waals surface area contributed by atoms with Crippen molar-refractivity contribution in [3.63, 3.8) is 0 Å². The molecule has 3 aromatic rings. The van der Waals surface area contributed by atoms with E-state index in [9.17, 15) is 19.2 Å². The first-order valence-electron chi connectivity index (χ1n) is 13.7. The predicted molar refractivity (Wildman–Crippen MR) is 150 cm³/mol. The van der Waals surface area contributed by atoms with Gasteiger partial charge in [0.1, 0.15) is 6.04 Å². The van der Waals surface area contributed by atoms with Crippen molar-refractivity contribution in [3.05, 3.63) is 65.9 Å². The minimum atomic E-state index is -1.05. The summed E-state index contributed by atoms with van der Waals surface area (Å²) in [5.41, 5.74) is 1.54. The van der Waals surface area contributed by atoms with E-state index >= 15 is 0 Å². The highest BCUT2D eigenvalue weighted by Gasteiger charge is 2.44. The van der Waals surface area contributed by atoms with E-state index in [1.165, 1.54) is 4.90 Å². The van der Waals surface area contributed by atoms with E-state index in [1.807, 2.05) is 75.4 Å². The number of aromatic amines is 1. The number of likely N-dealkylation sites (tertiary alicyclic amines) is 1. The number of benzene rings is 2. The van der Waals surface area contributed by atoms with Crippen molar-refractivity contribution in [3.8, 4) is 0 Å². The lowest BCUT2D eigenvalue weighted by Gasteiger charge is -2.25. The zero-order valence-corrected chi connectivity index (χ0v) is 23.4. The smallest absolute Gasteiger partial charge is 0.409 e. The number of hydrogen-bond acceptors (Lipinski definition) is 6. The highest BCUT2D eigenvalue weighted by molar-refractivity contribution is 6.38. The summed E-state index contributed by atoms with van der Waals surface area (Å²) in [7, 11) is 0. The van der Waals surface area contributed by atoms with Crippen LogP contribution in [0.5, 0.6) is 0 Å². The minimum Gasteiger partial charge on any atom is -0.425 e. The molecule has 2 heterocycles. The number of fused-ring (bicyclic) bond motifs is 1. The molecule has 2 aromatic carbocycles. The molecule has 10 nitrogen and oxygen atoms in total. The molecule has 212 valence electrons. The Morgan fingerprint density at radius 3 is 2.50 bits per heavy atom. The summed E-state index contributed by atoms with van der Waals surface area (Å²) in [4.78, 5) is 53.9. The van der Waals surface area contributed by atoms with Gasteiger partial charge in [-0.1, -0.05) is 82.1 Å². The summed E-state index contributed by atoms with van der Waals surface area (Å²) in [6.45, 7) is 8.09. The second-order valence-electron chi connectivity index (χ2n) is 11.1. The first kappa shape index (κ1) is 28.8. The molecule has 10 heteroatoms. The molecular weight excluding hydrogens is 510 g/mol. The van der Waals surface area contributed by atoms with Crippen molar-refractivity contribution >= 4 is 34.6 Å². The van der Waals surface area contributed by atoms with Gasteiger partial charge in [-0.2, -0.15) is 5.10 Å². The fourth-order valence-corrected chi connectivity index (χ4v) is 5.01. The van der Waals surface area contributed by atoms with E-state index in [0.717, 1.165) is 17.5 Å². The lowest BCUT2D eigenvalue weighted by molar-refractivity contribution is -0.139. The van der Waals surface area contributed by atoms with E-state index in [0.29, 0.717) is 24.8 Å². The maximum atomic E-state index is 13.5. The Morgan fingerprint density at radius 1 is 1.07 bits per heavy atom. The molecule has 0 spiro atoms. The van der Waals surface area contributed by atoms with Crippen LogP contribution < -0.4 is 10.6 Å². The fourth-order valence-electron chi connectivity index (χ4n) is 5.01. The standard InChI is InChI=1S/C30H37N5O5/c1-5-6-15-23(26(36)27(37)31-19(2)20-12-8-7-9-13-20)32-29(39)40-24-17-30(3,4)18-35(24)28(38)25-21-14-10-11-16-22(21)33-34-25/h7-14,16,19,23-24H,5-6,15,17-18H2,1-4H3,(H,31,37)(H,32,39)(H,33,34)/t19?,23-,24?/m1/s1. The molecule has 40 heavy (non-hydrogen) atoms. The summed E-state index contributed by atoms with van der Waals surface area (Å²) in [6, 6.07) is 15.2. The van der Waals surface area contributed by atoms with Gasteiger partial charge in [0.2, 0.25) is 5.78 Å². The monoisotopic (exact) mass is 547 g/mol. The van der Waals surface area contributed by atoms with Crippen molar-refractivity contribution in [1.29, 1.82) is 0 Å². The van der Waals surface area contributed by atoms with Crippen LogP contribution in [0, 0.1) is 5.41 Å². The van der Waals surface area contributed by atoms with Gasteiger partial charge in [0.15, 0.2) is 11.9 Å². The number of nitrogens with one attached hydrogen (secondary N) is 3. The van der Waals surface area contributed by atoms with Crippen LogP contribution in [0.25, 0.3) is 10.9 Å². The predicted octanol–water partition coefficient (Wildman–Crippen LogP) is 4.49. The van der Waals surface area contributed by atoms with Crippen molar-refractivity contribution < 1.29 is 23.9 Å². The molecule has 1 saturated heterocycles. The Morgan fingerprint density at radius 2 is 1.77 bits per heavy atom. The molecular formula is C30H37N5O5. The van der Waals surface area contributed by atoms with E-state index in [-0.39, 0.29) is 29.5 Å². The summed E-state index contributed by atoms with van der Waals surface area (Å²) in [5.74, 6) is -1.87. The maximum absolute atomic E-state index is 13.5. The van der Waals surface area contributed by atoms with Crippen LogP contribution in [0.3, 0.4) is 0 Å². The molecule has 0 radical (unpaired) electrons. The Labute approximate surface area is 233 Å². The lowest BCUT2D eigenvalue weighted by Crippen LogP contribution is -2.49. The molecule has 2 unspecified atom stereocenters. The van der Waals surface area contributed by atoms with Crippen molar-refractivity contribution in [2.24, 2.45) is 5.41 Å². The fraction of sp³-hybridized carbons (Fsp3) is 0.433. The van der Waals surface area contributed by atoms with Gasteiger partial charge in [-0.05, 0) is 30.4 Å². The molecule has 3 atom stereocenters. The van der Waals surface area contributed by atoms with E-state index in [1.54, 1.807) is 6.92 Å². The van der Waals surface area contributed by atoms with Crippen molar-refractivity contribution in [1.82, 2.24) is 25.7 Å². The first-order chi connectivity index (χ1) is 19.1. The van der Waals surface area contributed by atoms with Gasteiger partial charge in [0, 0.05) is 18.4 Å². The second-order valence-corrected chi connectivity index (χ2v) is 11.1. The topological polar surface area (TPSA) is 133 Å². The average molecular weight is 548 g/mol. The average Bonchev–Trinajstić information content (AvgIpc) is 3.50. The number of amides is 3. The van der Waals surface area contributed by atoms with Crippen LogP contribution in [-0.2, 0) is 14.3 Å². The molecule has 4 rings (SSSR count). The van der Waals surface area contributed by atoms with Crippen LogP contribution in [0.2, 0.25) is 0 Å².